The predicted molar refractivity (Wildman–Crippen MR) is 150 cm³/mol. The van der Waals surface area contributed by atoms with Gasteiger partial charge in [-0.05, 0) is 72.5 Å². The summed E-state index contributed by atoms with van der Waals surface area (Å²) in [6.45, 7) is 4.35. The van der Waals surface area contributed by atoms with Crippen molar-refractivity contribution in [3.8, 4) is 33.6 Å². The Balaban J connectivity index is 1.28. The Morgan fingerprint density at radius 2 is 0.865 bits per heavy atom. The predicted octanol–water partition coefficient (Wildman–Crippen LogP) is 7.72. The number of hydrogen-bond donors (Lipinski definition) is 0. The van der Waals surface area contributed by atoms with Crippen LogP contribution in [0.25, 0.3) is 33.6 Å². The maximum atomic E-state index is 4.97. The molecule has 0 aliphatic carbocycles. The highest BCUT2D eigenvalue weighted by Gasteiger charge is 2.29. The molecule has 0 aliphatic rings. The van der Waals surface area contributed by atoms with E-state index >= 15 is 0 Å². The first-order valence-corrected chi connectivity index (χ1v) is 12.5. The normalized spacial score (nSPS) is 11.5. The van der Waals surface area contributed by atoms with Gasteiger partial charge in [0.1, 0.15) is 0 Å². The third-order valence-electron chi connectivity index (χ3n) is 6.89. The monoisotopic (exact) mass is 480 g/mol. The van der Waals surface area contributed by atoms with E-state index in [1.54, 1.807) is 0 Å². The average molecular weight is 481 g/mol. The molecule has 0 unspecified atom stereocenters. The maximum absolute atomic E-state index is 4.97. The molecule has 37 heavy (non-hydrogen) atoms. The molecule has 6 aromatic rings. The molecule has 4 heteroatoms. The minimum absolute atomic E-state index is 0.357. The molecule has 6 rings (SSSR count). The summed E-state index contributed by atoms with van der Waals surface area (Å²) in [7, 11) is 0. The summed E-state index contributed by atoms with van der Waals surface area (Å²) in [5.41, 5.74) is 8.39. The van der Waals surface area contributed by atoms with E-state index in [1.807, 2.05) is 33.9 Å². The van der Waals surface area contributed by atoms with Crippen LogP contribution in [0.15, 0.2) is 134 Å². The highest BCUT2D eigenvalue weighted by molar-refractivity contribution is 5.66. The van der Waals surface area contributed by atoms with Crippen LogP contribution in [0.3, 0.4) is 0 Å². The van der Waals surface area contributed by atoms with Crippen LogP contribution in [0, 0.1) is 0 Å². The van der Waals surface area contributed by atoms with Crippen LogP contribution in [-0.2, 0) is 5.41 Å². The van der Waals surface area contributed by atoms with Gasteiger partial charge in [-0.1, -0.05) is 84.9 Å². The minimum atomic E-state index is -0.357. The lowest BCUT2D eigenvalue weighted by atomic mass is 9.86. The summed E-state index contributed by atoms with van der Waals surface area (Å²) in [5, 5.41) is 9.93. The Bertz CT molecular complexity index is 1520. The van der Waals surface area contributed by atoms with Crippen LogP contribution >= 0.6 is 0 Å². The molecule has 0 N–H and O–H groups in total. The van der Waals surface area contributed by atoms with Crippen molar-refractivity contribution in [2.24, 2.45) is 0 Å². The third-order valence-corrected chi connectivity index (χ3v) is 6.89. The van der Waals surface area contributed by atoms with Gasteiger partial charge in [-0.2, -0.15) is 10.2 Å². The first kappa shape index (κ1) is 22.7. The summed E-state index contributed by atoms with van der Waals surface area (Å²) in [4.78, 5) is 0. The lowest BCUT2D eigenvalue weighted by Gasteiger charge is -2.20. The van der Waals surface area contributed by atoms with E-state index < -0.39 is 0 Å². The Kier molecular flexibility index (Phi) is 5.78. The third kappa shape index (κ3) is 4.50. The Hall–Kier alpha value is -4.70. The van der Waals surface area contributed by atoms with Crippen LogP contribution in [0.5, 0.6) is 0 Å². The fourth-order valence-electron chi connectivity index (χ4n) is 4.65. The molecule has 4 aromatic carbocycles. The molecule has 0 amide bonds. The molecule has 0 radical (unpaired) electrons. The smallest absolute Gasteiger partial charge is 0.0745 e. The molecule has 0 saturated carbocycles. The fourth-order valence-corrected chi connectivity index (χ4v) is 4.65. The first-order valence-electron chi connectivity index (χ1n) is 12.5. The van der Waals surface area contributed by atoms with E-state index in [0.29, 0.717) is 0 Å². The Morgan fingerprint density at radius 3 is 1.30 bits per heavy atom. The van der Waals surface area contributed by atoms with Crippen molar-refractivity contribution in [3.63, 3.8) is 0 Å². The van der Waals surface area contributed by atoms with Crippen molar-refractivity contribution in [2.75, 3.05) is 0 Å². The van der Waals surface area contributed by atoms with E-state index in [2.05, 4.69) is 123 Å². The van der Waals surface area contributed by atoms with Gasteiger partial charge in [0.25, 0.3) is 0 Å². The summed E-state index contributed by atoms with van der Waals surface area (Å²) in [6.07, 6.45) is 4.06. The van der Waals surface area contributed by atoms with Crippen LogP contribution in [0.4, 0.5) is 0 Å². The van der Waals surface area contributed by atoms with Gasteiger partial charge in [-0.3, -0.25) is 0 Å². The van der Waals surface area contributed by atoms with Crippen LogP contribution in [0.1, 0.15) is 25.2 Å². The largest absolute Gasteiger partial charge is 0.241 e. The van der Waals surface area contributed by atoms with E-state index in [9.17, 15) is 0 Å². The van der Waals surface area contributed by atoms with Crippen molar-refractivity contribution in [1.29, 1.82) is 0 Å². The number of benzene rings is 4. The second kappa shape index (κ2) is 9.40. The molecule has 4 nitrogen and oxygen atoms in total. The van der Waals surface area contributed by atoms with Gasteiger partial charge in [-0.25, -0.2) is 9.36 Å². The van der Waals surface area contributed by atoms with Crippen LogP contribution in [-0.4, -0.2) is 19.6 Å². The zero-order valence-corrected chi connectivity index (χ0v) is 21.0. The molecule has 0 spiro atoms. The average Bonchev–Trinajstić information content (AvgIpc) is 3.66. The minimum Gasteiger partial charge on any atom is -0.241 e. The van der Waals surface area contributed by atoms with Crippen molar-refractivity contribution < 1.29 is 0 Å². The van der Waals surface area contributed by atoms with Crippen LogP contribution in [0.2, 0.25) is 0 Å². The van der Waals surface area contributed by atoms with Gasteiger partial charge in [0.05, 0.1) is 28.2 Å². The summed E-state index contributed by atoms with van der Waals surface area (Å²) in [5.74, 6) is 0. The molecule has 2 aromatic heterocycles. The molecular weight excluding hydrogens is 452 g/mol. The van der Waals surface area contributed by atoms with Gasteiger partial charge in [0.15, 0.2) is 0 Å². The second-order valence-corrected chi connectivity index (χ2v) is 9.75. The van der Waals surface area contributed by atoms with Crippen LogP contribution < -0.4 is 0 Å². The second-order valence-electron chi connectivity index (χ2n) is 9.75. The zero-order chi connectivity index (χ0) is 25.2. The quantitative estimate of drug-likeness (QED) is 0.245. The number of rotatable bonds is 6. The topological polar surface area (TPSA) is 35.6 Å². The molecular formula is C33H28N4. The van der Waals surface area contributed by atoms with E-state index in [0.717, 1.165) is 22.8 Å². The number of nitrogens with zero attached hydrogens (tertiary/aromatic N) is 4. The van der Waals surface area contributed by atoms with Gasteiger partial charge < -0.3 is 0 Å². The fraction of sp³-hybridized carbons (Fsp3) is 0.0909. The van der Waals surface area contributed by atoms with Gasteiger partial charge in [0, 0.05) is 12.4 Å². The molecule has 0 aliphatic heterocycles. The van der Waals surface area contributed by atoms with E-state index in [4.69, 9.17) is 10.2 Å². The standard InChI is InChI=1S/C33H28N4/c1-33(2,31-19-21-36(34-31)29-17-9-15-27(23-29)25-11-5-3-6-12-25)32-20-22-37(35-32)30-18-10-16-28(24-30)26-13-7-4-8-14-26/h3-24H,1-2H3. The van der Waals surface area contributed by atoms with Crippen molar-refractivity contribution >= 4 is 0 Å². The summed E-state index contributed by atoms with van der Waals surface area (Å²) < 4.78 is 3.90. The lowest BCUT2D eigenvalue weighted by molar-refractivity contribution is 0.576. The molecule has 180 valence electrons. The highest BCUT2D eigenvalue weighted by Crippen LogP contribution is 2.31. The number of hydrogen-bond acceptors (Lipinski definition) is 2. The first-order chi connectivity index (χ1) is 18.1. The lowest BCUT2D eigenvalue weighted by Crippen LogP contribution is -2.21. The van der Waals surface area contributed by atoms with Crippen molar-refractivity contribution in [1.82, 2.24) is 19.6 Å². The SMILES string of the molecule is CC(C)(c1ccn(-c2cccc(-c3ccccc3)c2)n1)c1ccn(-c2cccc(-c3ccccc3)c2)n1. The van der Waals surface area contributed by atoms with Gasteiger partial charge in [-0.15, -0.1) is 0 Å². The maximum Gasteiger partial charge on any atom is 0.0745 e. The molecule has 0 saturated heterocycles. The van der Waals surface area contributed by atoms with Gasteiger partial charge in [0.2, 0.25) is 0 Å². The van der Waals surface area contributed by atoms with E-state index in [1.165, 1.54) is 22.3 Å². The van der Waals surface area contributed by atoms with Crippen molar-refractivity contribution in [3.05, 3.63) is 145 Å². The Morgan fingerprint density at radius 1 is 0.459 bits per heavy atom. The zero-order valence-electron chi connectivity index (χ0n) is 21.0. The van der Waals surface area contributed by atoms with Gasteiger partial charge >= 0.3 is 0 Å². The van der Waals surface area contributed by atoms with E-state index in [-0.39, 0.29) is 5.41 Å². The molecule has 0 fully saturated rings. The van der Waals surface area contributed by atoms with Crippen molar-refractivity contribution in [2.45, 2.75) is 19.3 Å². The highest BCUT2D eigenvalue weighted by atomic mass is 15.3. The molecule has 0 bridgehead atoms. The Labute approximate surface area is 217 Å². The molecule has 2 heterocycles. The summed E-state index contributed by atoms with van der Waals surface area (Å²) in [6, 6.07) is 42.0. The number of aromatic nitrogens is 4. The summed E-state index contributed by atoms with van der Waals surface area (Å²) >= 11 is 0. The molecule has 0 atom stereocenters.